The number of nitrogens with zero attached hydrogens (tertiary/aromatic N) is 3. The summed E-state index contributed by atoms with van der Waals surface area (Å²) in [5, 5.41) is 2.51. The molecule has 31 heavy (non-hydrogen) atoms. The van der Waals surface area contributed by atoms with Crippen LogP contribution in [-0.2, 0) is 0 Å². The molecule has 1 atom stereocenters. The molecule has 0 spiro atoms. The van der Waals surface area contributed by atoms with Crippen LogP contribution in [0.2, 0.25) is 0 Å². The number of pyridine rings is 1. The highest BCUT2D eigenvalue weighted by Crippen LogP contribution is 2.35. The van der Waals surface area contributed by atoms with Crippen molar-refractivity contribution in [1.82, 2.24) is 19.9 Å². The number of thiazole rings is 1. The van der Waals surface area contributed by atoms with E-state index in [9.17, 15) is 18.4 Å². The quantitative estimate of drug-likeness (QED) is 0.376. The van der Waals surface area contributed by atoms with Gasteiger partial charge < -0.3 is 9.88 Å². The molecule has 1 aromatic carbocycles. The number of hydrogen-bond donors (Lipinski definition) is 1. The Balaban J connectivity index is 1.42. The van der Waals surface area contributed by atoms with Gasteiger partial charge in [0.15, 0.2) is 5.01 Å². The molecule has 6 nitrogen and oxygen atoms in total. The van der Waals surface area contributed by atoms with Gasteiger partial charge in [0.2, 0.25) is 11.7 Å². The topological polar surface area (TPSA) is 79.0 Å². The zero-order chi connectivity index (χ0) is 21.5. The molecule has 1 aliphatic heterocycles. The summed E-state index contributed by atoms with van der Waals surface area (Å²) in [6, 6.07) is 7.86. The van der Waals surface area contributed by atoms with E-state index in [1.54, 1.807) is 6.20 Å². The van der Waals surface area contributed by atoms with Gasteiger partial charge in [0.25, 0.3) is 5.91 Å². The lowest BCUT2D eigenvalue weighted by Crippen LogP contribution is -2.31. The van der Waals surface area contributed by atoms with Crippen molar-refractivity contribution in [2.45, 2.75) is 18.9 Å². The molecule has 0 bridgehead atoms. The number of rotatable bonds is 4. The third kappa shape index (κ3) is 3.40. The predicted octanol–water partition coefficient (Wildman–Crippen LogP) is 4.51. The highest BCUT2D eigenvalue weighted by Gasteiger charge is 2.34. The molecule has 1 unspecified atom stereocenters. The summed E-state index contributed by atoms with van der Waals surface area (Å²) < 4.78 is 27.8. The van der Waals surface area contributed by atoms with Gasteiger partial charge in [-0.1, -0.05) is 18.2 Å². The van der Waals surface area contributed by atoms with Crippen molar-refractivity contribution in [1.29, 1.82) is 0 Å². The summed E-state index contributed by atoms with van der Waals surface area (Å²) in [6.07, 6.45) is 3.63. The van der Waals surface area contributed by atoms with Gasteiger partial charge in [0.1, 0.15) is 11.5 Å². The van der Waals surface area contributed by atoms with Crippen molar-refractivity contribution >= 4 is 33.9 Å². The second-order valence-corrected chi connectivity index (χ2v) is 8.16. The zero-order valence-electron chi connectivity index (χ0n) is 16.1. The van der Waals surface area contributed by atoms with E-state index in [1.807, 2.05) is 24.3 Å². The third-order valence-electron chi connectivity index (χ3n) is 5.48. The van der Waals surface area contributed by atoms with E-state index in [2.05, 4.69) is 15.0 Å². The second-order valence-electron chi connectivity index (χ2n) is 7.30. The minimum absolute atomic E-state index is 0.101. The van der Waals surface area contributed by atoms with Crippen LogP contribution in [0.25, 0.3) is 10.9 Å². The lowest BCUT2D eigenvalue weighted by atomic mass is 10.1. The lowest BCUT2D eigenvalue weighted by molar-refractivity contribution is 0.0728. The number of carbonyl (C=O) groups is 2. The number of ketones is 1. The normalized spacial score (nSPS) is 16.2. The number of benzene rings is 1. The molecule has 4 aromatic rings. The van der Waals surface area contributed by atoms with Crippen molar-refractivity contribution in [3.8, 4) is 0 Å². The molecular formula is C22H16F2N4O2S. The van der Waals surface area contributed by atoms with E-state index < -0.39 is 23.7 Å². The maximum absolute atomic E-state index is 14.2. The summed E-state index contributed by atoms with van der Waals surface area (Å²) >= 11 is 1.09. The van der Waals surface area contributed by atoms with E-state index >= 15 is 0 Å². The highest BCUT2D eigenvalue weighted by molar-refractivity contribution is 7.12. The third-order valence-corrected chi connectivity index (χ3v) is 6.32. The first-order chi connectivity index (χ1) is 15.0. The molecule has 3 aromatic heterocycles. The number of halogens is 2. The van der Waals surface area contributed by atoms with Crippen molar-refractivity contribution in [2.75, 3.05) is 6.54 Å². The summed E-state index contributed by atoms with van der Waals surface area (Å²) in [5.74, 6) is -2.13. The molecule has 1 N–H and O–H groups in total. The number of para-hydroxylation sites is 1. The molecular weight excluding hydrogens is 422 g/mol. The number of aromatic nitrogens is 3. The minimum atomic E-state index is -0.795. The van der Waals surface area contributed by atoms with E-state index in [4.69, 9.17) is 0 Å². The number of carbonyl (C=O) groups excluding carboxylic acids is 2. The van der Waals surface area contributed by atoms with E-state index in [0.29, 0.717) is 24.9 Å². The Labute approximate surface area is 179 Å². The predicted molar refractivity (Wildman–Crippen MR) is 111 cm³/mol. The number of H-pyrrole nitrogens is 1. The number of aromatic amines is 1. The highest BCUT2D eigenvalue weighted by atomic mass is 32.1. The fourth-order valence-electron chi connectivity index (χ4n) is 4.01. The molecule has 0 aliphatic carbocycles. The van der Waals surface area contributed by atoms with Crippen molar-refractivity contribution < 1.29 is 18.4 Å². The van der Waals surface area contributed by atoms with Crippen LogP contribution < -0.4 is 0 Å². The van der Waals surface area contributed by atoms with Crippen LogP contribution in [0.4, 0.5) is 8.78 Å². The first-order valence-electron chi connectivity index (χ1n) is 9.71. The molecule has 0 saturated carbocycles. The summed E-state index contributed by atoms with van der Waals surface area (Å²) in [5.41, 5.74) is 1.54. The molecule has 5 rings (SSSR count). The van der Waals surface area contributed by atoms with Crippen molar-refractivity contribution in [3.63, 3.8) is 0 Å². The molecule has 0 radical (unpaired) electrons. The van der Waals surface area contributed by atoms with Gasteiger partial charge in [-0.2, -0.15) is 4.39 Å². The first kappa shape index (κ1) is 19.5. The van der Waals surface area contributed by atoms with E-state index in [0.717, 1.165) is 34.5 Å². The van der Waals surface area contributed by atoms with Crippen LogP contribution in [0.15, 0.2) is 48.1 Å². The fourth-order valence-corrected chi connectivity index (χ4v) is 4.76. The minimum Gasteiger partial charge on any atom is -0.360 e. The van der Waals surface area contributed by atoms with Crippen LogP contribution >= 0.6 is 11.3 Å². The van der Waals surface area contributed by atoms with Gasteiger partial charge in [0, 0.05) is 40.7 Å². The summed E-state index contributed by atoms with van der Waals surface area (Å²) in [4.78, 5) is 38.2. The van der Waals surface area contributed by atoms with Crippen LogP contribution in [0.3, 0.4) is 0 Å². The number of fused-ring (bicyclic) bond motifs is 1. The van der Waals surface area contributed by atoms with E-state index in [1.165, 1.54) is 10.3 Å². The second kappa shape index (κ2) is 7.66. The van der Waals surface area contributed by atoms with Gasteiger partial charge in [0.05, 0.1) is 17.8 Å². The maximum atomic E-state index is 14.2. The standard InChI is InChI=1S/C22H16F2N4O2S/c23-15-10-26-19(24)8-13(15)18-6-3-7-28(18)22(30)17-11-31-21(27-17)20(29)14-9-25-16-5-2-1-4-12(14)16/h1-2,4-5,8-11,18,25H,3,6-7H2. The Morgan fingerprint density at radius 1 is 1.23 bits per heavy atom. The lowest BCUT2D eigenvalue weighted by Gasteiger charge is -2.24. The van der Waals surface area contributed by atoms with Gasteiger partial charge in [-0.15, -0.1) is 11.3 Å². The van der Waals surface area contributed by atoms with Crippen LogP contribution in [0, 0.1) is 11.8 Å². The maximum Gasteiger partial charge on any atom is 0.273 e. The Morgan fingerprint density at radius 2 is 2.06 bits per heavy atom. The summed E-state index contributed by atoms with van der Waals surface area (Å²) in [7, 11) is 0. The molecule has 1 aliphatic rings. The SMILES string of the molecule is O=C(c1nc(C(=O)N2CCCC2c2cc(F)ncc2F)cs1)c1c[nH]c2ccccc12. The Morgan fingerprint density at radius 3 is 2.94 bits per heavy atom. The Hall–Kier alpha value is -3.46. The smallest absolute Gasteiger partial charge is 0.273 e. The van der Waals surface area contributed by atoms with Gasteiger partial charge in [-0.05, 0) is 18.9 Å². The van der Waals surface area contributed by atoms with Crippen molar-refractivity contribution in [2.24, 2.45) is 0 Å². The summed E-state index contributed by atoms with van der Waals surface area (Å²) in [6.45, 7) is 0.399. The zero-order valence-corrected chi connectivity index (χ0v) is 17.0. The molecule has 1 saturated heterocycles. The number of nitrogens with one attached hydrogen (secondary N) is 1. The first-order valence-corrected chi connectivity index (χ1v) is 10.6. The average Bonchev–Trinajstić information content (AvgIpc) is 3.53. The van der Waals surface area contributed by atoms with Crippen molar-refractivity contribution in [3.05, 3.63) is 81.7 Å². The molecule has 1 amide bonds. The number of likely N-dealkylation sites (tertiary alicyclic amines) is 1. The fraction of sp³-hybridized carbons (Fsp3) is 0.182. The van der Waals surface area contributed by atoms with Crippen LogP contribution in [-0.4, -0.2) is 38.1 Å². The molecule has 1 fully saturated rings. The van der Waals surface area contributed by atoms with Crippen LogP contribution in [0.1, 0.15) is 50.3 Å². The number of hydrogen-bond acceptors (Lipinski definition) is 5. The van der Waals surface area contributed by atoms with E-state index in [-0.39, 0.29) is 22.0 Å². The van der Waals surface area contributed by atoms with Gasteiger partial charge >= 0.3 is 0 Å². The molecule has 4 heterocycles. The average molecular weight is 438 g/mol. The van der Waals surface area contributed by atoms with Gasteiger partial charge in [-0.3, -0.25) is 9.59 Å². The number of amides is 1. The Kier molecular flexibility index (Phi) is 4.82. The Bertz CT molecular complexity index is 1320. The monoisotopic (exact) mass is 438 g/mol. The van der Waals surface area contributed by atoms with Gasteiger partial charge in [-0.25, -0.2) is 14.4 Å². The largest absolute Gasteiger partial charge is 0.360 e. The molecule has 9 heteroatoms. The molecule has 156 valence electrons. The van der Waals surface area contributed by atoms with Crippen LogP contribution in [0.5, 0.6) is 0 Å².